The Morgan fingerprint density at radius 3 is 1.32 bits per heavy atom. The summed E-state index contributed by atoms with van der Waals surface area (Å²) in [6.45, 7) is 15.6. The van der Waals surface area contributed by atoms with Gasteiger partial charge >= 0.3 is 12.2 Å². The number of fused-ring (bicyclic) bond motifs is 6. The van der Waals surface area contributed by atoms with E-state index in [0.717, 1.165) is 169 Å². The van der Waals surface area contributed by atoms with Gasteiger partial charge in [-0.05, 0) is 213 Å². The van der Waals surface area contributed by atoms with Crippen molar-refractivity contribution in [3.63, 3.8) is 0 Å². The molecule has 3 saturated carbocycles. The van der Waals surface area contributed by atoms with E-state index in [4.69, 9.17) is 30.4 Å². The summed E-state index contributed by atoms with van der Waals surface area (Å²) in [5.74, 6) is 0.834. The van der Waals surface area contributed by atoms with Crippen molar-refractivity contribution in [1.82, 2.24) is 58.7 Å². The topological polar surface area (TPSA) is 353 Å². The van der Waals surface area contributed by atoms with E-state index in [-0.39, 0.29) is 68.8 Å². The first-order valence-electron chi connectivity index (χ1n) is 37.0. The largest absolute Gasteiger partial charge is 0.444 e. The lowest BCUT2D eigenvalue weighted by molar-refractivity contribution is 0.0226. The zero-order valence-electron chi connectivity index (χ0n) is 61.9. The Balaban J connectivity index is 0.000000138. The number of nitrogen functional groups attached to an aromatic ring is 1. The van der Waals surface area contributed by atoms with Gasteiger partial charge in [0.1, 0.15) is 63.0 Å². The Hall–Kier alpha value is -11.0. The number of aryl methyl sites for hydroxylation is 3. The van der Waals surface area contributed by atoms with Crippen LogP contribution < -0.4 is 38.4 Å². The minimum absolute atomic E-state index is 0.0392. The highest BCUT2D eigenvalue weighted by Gasteiger charge is 2.30. The summed E-state index contributed by atoms with van der Waals surface area (Å²) < 4.78 is 27.6. The minimum atomic E-state index is -1.31. The number of hydrogen-bond donors (Lipinski definition) is 4. The average Bonchev–Trinajstić information content (AvgIpc) is 1.47. The first-order valence-corrected chi connectivity index (χ1v) is 38.6. The summed E-state index contributed by atoms with van der Waals surface area (Å²) in [5, 5.41) is 40.3. The number of rotatable bonds is 8. The van der Waals surface area contributed by atoms with E-state index in [2.05, 4.69) is 66.2 Å². The highest BCUT2D eigenvalue weighted by atomic mass is 32.2. The zero-order chi connectivity index (χ0) is 75.7. The summed E-state index contributed by atoms with van der Waals surface area (Å²) in [7, 11) is -1.31. The number of pyridine rings is 3. The molecule has 3 aliphatic heterocycles. The molecule has 3 aromatic carbocycles. The summed E-state index contributed by atoms with van der Waals surface area (Å²) in [6.07, 6.45) is 23.7. The summed E-state index contributed by atoms with van der Waals surface area (Å²) >= 11 is 0. The molecule has 0 saturated heterocycles. The molecule has 107 heavy (non-hydrogen) atoms. The molecule has 1 unspecified atom stereocenters. The van der Waals surface area contributed by atoms with Crippen LogP contribution in [0.5, 0.6) is 0 Å². The van der Waals surface area contributed by atoms with Crippen LogP contribution in [-0.2, 0) is 59.2 Å². The molecule has 5 N–H and O–H groups in total. The third-order valence-electron chi connectivity index (χ3n) is 20.0. The highest BCUT2D eigenvalue weighted by molar-refractivity contribution is 7.84. The van der Waals surface area contributed by atoms with Gasteiger partial charge in [-0.2, -0.15) is 25.8 Å². The Morgan fingerprint density at radius 1 is 0.514 bits per heavy atom. The van der Waals surface area contributed by atoms with Crippen molar-refractivity contribution >= 4 is 85.0 Å². The molecule has 2 amide bonds. The predicted molar refractivity (Wildman–Crippen MR) is 411 cm³/mol. The third kappa shape index (κ3) is 18.3. The first kappa shape index (κ1) is 75.7. The van der Waals surface area contributed by atoms with Crippen molar-refractivity contribution in [1.29, 1.82) is 15.8 Å². The SMILES string of the molecule is CC(C)(C)OC(=O)N1CCCc2ccc(N)cc2C1.CC(C)(C)OC(=O)N1CCCc2ccc(Nc3ncc4cc(C#N)c(=O)n(C5CCCC5)c4n3)cc2C1.CS(=O)c1ncc2cc(C#N)c(=O)n(C3CCCC3)c2n1.N#Cc1cc2cnc(Nc3ccc4c(c3)CNCCC4)nc2n(C2CCCC2)c1=O. The fourth-order valence-electron chi connectivity index (χ4n) is 14.9. The molecule has 556 valence electrons. The average molecular weight is 1470 g/mol. The Kier molecular flexibility index (Phi) is 23.5. The fourth-order valence-corrected chi connectivity index (χ4v) is 15.3. The maximum Gasteiger partial charge on any atom is 0.410 e. The van der Waals surface area contributed by atoms with Gasteiger partial charge in [0.2, 0.25) is 17.1 Å². The van der Waals surface area contributed by atoms with Crippen LogP contribution in [0, 0.1) is 34.0 Å². The van der Waals surface area contributed by atoms with E-state index in [0.29, 0.717) is 59.2 Å². The number of hydrogen-bond acceptors (Lipinski definition) is 21. The lowest BCUT2D eigenvalue weighted by atomic mass is 10.0. The quantitative estimate of drug-likeness (QED) is 0.0811. The normalized spacial score (nSPS) is 16.4. The summed E-state index contributed by atoms with van der Waals surface area (Å²) in [6, 6.07) is 29.2. The molecule has 3 aliphatic carbocycles. The van der Waals surface area contributed by atoms with Gasteiger partial charge in [0.15, 0.2) is 0 Å². The van der Waals surface area contributed by atoms with Gasteiger partial charge in [-0.15, -0.1) is 0 Å². The van der Waals surface area contributed by atoms with Crippen LogP contribution in [-0.4, -0.2) is 107 Å². The van der Waals surface area contributed by atoms with Crippen LogP contribution >= 0.6 is 0 Å². The molecule has 26 nitrogen and oxygen atoms in total. The maximum absolute atomic E-state index is 13.1. The van der Waals surface area contributed by atoms with Gasteiger partial charge in [-0.25, -0.2) is 29.5 Å². The number of nitrogens with zero attached hydrogens (tertiary/aromatic N) is 14. The fraction of sp³-hybridized carbons (Fsp3) is 0.450. The van der Waals surface area contributed by atoms with E-state index in [9.17, 15) is 38.7 Å². The first-order chi connectivity index (χ1) is 51.4. The Labute approximate surface area is 623 Å². The molecular weight excluding hydrogens is 1370 g/mol. The number of carbonyl (C=O) groups is 2. The van der Waals surface area contributed by atoms with Crippen LogP contribution in [0.25, 0.3) is 33.1 Å². The number of anilines is 5. The van der Waals surface area contributed by atoms with Gasteiger partial charge in [-0.1, -0.05) is 56.7 Å². The standard InChI is InChI=1S/C28H32N6O3.C23H24N6O.C15H22N2O2.C14H14N4O2S/c1-28(2,3)37-27(36)33-12-6-7-18-10-11-22(14-21(18)17-33)31-26-30-16-20-13-19(15-29)25(35)34(24(20)32-26)23-8-4-5-9-23;24-12-16-10-18-14-26-23(28-21(18)29(22(16)30)20-5-1-2-6-20)27-19-8-7-15-4-3-9-25-13-17(15)11-19;1-15(2,3)19-14(18)17-8-4-5-11-6-7-13(16)9-12(11)10-17;1-21(20)14-16-8-10-6-9(7-15)13(19)18(12(10)17-14)11-4-2-3-5-11/h10-11,13-14,16,23H,4-9,12,17H2,1-3H3,(H,30,31,32);7-8,10-11,14,20,25H,1-6,9,13H2,(H,26,27,28);6-7,9H,4-5,8,10,16H2,1-3H3;6,8,11H,2-5H2,1H3. The number of nitrogens with one attached hydrogen (secondary N) is 3. The van der Waals surface area contributed by atoms with Gasteiger partial charge in [0.05, 0.1) is 10.8 Å². The van der Waals surface area contributed by atoms with Crippen LogP contribution in [0.15, 0.2) is 111 Å². The monoisotopic (exact) mass is 1460 g/mol. The number of carbonyl (C=O) groups excluding carboxylic acids is 2. The van der Waals surface area contributed by atoms with E-state index in [1.54, 1.807) is 48.0 Å². The van der Waals surface area contributed by atoms with Crippen LogP contribution in [0.2, 0.25) is 0 Å². The van der Waals surface area contributed by atoms with Crippen LogP contribution in [0.3, 0.4) is 0 Å². The molecule has 9 aromatic rings. The van der Waals surface area contributed by atoms with Crippen molar-refractivity contribution in [2.75, 3.05) is 42.3 Å². The van der Waals surface area contributed by atoms with Gasteiger partial charge in [0.25, 0.3) is 16.7 Å². The van der Waals surface area contributed by atoms with Crippen molar-refractivity contribution in [3.05, 3.63) is 173 Å². The van der Waals surface area contributed by atoms with Gasteiger partial charge < -0.3 is 41.0 Å². The highest BCUT2D eigenvalue weighted by Crippen LogP contribution is 2.35. The molecule has 9 heterocycles. The van der Waals surface area contributed by atoms with Crippen molar-refractivity contribution in [3.8, 4) is 18.2 Å². The number of nitrogens with two attached hydrogens (primary N) is 1. The number of ether oxygens (including phenoxy) is 2. The maximum atomic E-state index is 13.1. The number of benzene rings is 3. The van der Waals surface area contributed by atoms with Crippen molar-refractivity contribution in [2.24, 2.45) is 0 Å². The van der Waals surface area contributed by atoms with E-state index >= 15 is 0 Å². The second-order valence-electron chi connectivity index (χ2n) is 30.2. The van der Waals surface area contributed by atoms with E-state index in [1.807, 2.05) is 84.0 Å². The lowest BCUT2D eigenvalue weighted by Gasteiger charge is -2.26. The van der Waals surface area contributed by atoms with Gasteiger partial charge in [0, 0.05) is 109 Å². The third-order valence-corrected chi connectivity index (χ3v) is 20.7. The molecule has 0 spiro atoms. The number of nitriles is 3. The Bertz CT molecular complexity index is 5200. The predicted octanol–water partition coefficient (Wildman–Crippen LogP) is 13.2. The molecule has 27 heteroatoms. The summed E-state index contributed by atoms with van der Waals surface area (Å²) in [5.41, 5.74) is 15.7. The van der Waals surface area contributed by atoms with Crippen LogP contribution in [0.4, 0.5) is 38.5 Å². The Morgan fingerprint density at radius 2 is 0.897 bits per heavy atom. The number of amides is 2. The molecule has 6 aliphatic rings. The van der Waals surface area contributed by atoms with Crippen LogP contribution in [0.1, 0.15) is 206 Å². The molecule has 0 radical (unpaired) electrons. The van der Waals surface area contributed by atoms with Crippen molar-refractivity contribution < 1.29 is 23.3 Å². The molecule has 15 rings (SSSR count). The van der Waals surface area contributed by atoms with E-state index in [1.165, 1.54) is 40.8 Å². The zero-order valence-corrected chi connectivity index (χ0v) is 62.7. The molecule has 6 aromatic heterocycles. The molecule has 1 atom stereocenters. The molecule has 3 fully saturated rings. The lowest BCUT2D eigenvalue weighted by Crippen LogP contribution is -2.36. The second kappa shape index (κ2) is 33.2. The van der Waals surface area contributed by atoms with E-state index < -0.39 is 22.0 Å². The number of aromatic nitrogens is 9. The molecular formula is C80H92N18O8S. The summed E-state index contributed by atoms with van der Waals surface area (Å²) in [4.78, 5) is 93.5. The van der Waals surface area contributed by atoms with Crippen molar-refractivity contribution in [2.45, 2.75) is 211 Å². The smallest absolute Gasteiger partial charge is 0.410 e. The van der Waals surface area contributed by atoms with Gasteiger partial charge in [-0.3, -0.25) is 32.3 Å². The molecule has 0 bridgehead atoms. The second-order valence-corrected chi connectivity index (χ2v) is 31.5. The minimum Gasteiger partial charge on any atom is -0.444 e.